The van der Waals surface area contributed by atoms with Crippen LogP contribution in [0.1, 0.15) is 12.0 Å². The highest BCUT2D eigenvalue weighted by Crippen LogP contribution is 2.42. The number of hydrogen-bond donors (Lipinski definition) is 3. The van der Waals surface area contributed by atoms with Crippen LogP contribution in [0.3, 0.4) is 0 Å². The van der Waals surface area contributed by atoms with E-state index < -0.39 is 12.5 Å². The molecule has 2 aliphatic heterocycles. The lowest BCUT2D eigenvalue weighted by molar-refractivity contribution is -0.0235. The number of aliphatic hydroxyl groups excluding tert-OH is 1. The van der Waals surface area contributed by atoms with E-state index >= 15 is 0 Å². The van der Waals surface area contributed by atoms with Crippen molar-refractivity contribution in [3.05, 3.63) is 29.8 Å². The minimum atomic E-state index is -2.29. The summed E-state index contributed by atoms with van der Waals surface area (Å²) in [6.45, 7) is 5.34. The number of ether oxygens (including phenoxy) is 1. The number of likely N-dealkylation sites (N-methyl/N-ethyl adjacent to an activating group) is 1. The fraction of sp³-hybridized carbons (Fsp3) is 0.565. The van der Waals surface area contributed by atoms with Gasteiger partial charge in [0.2, 0.25) is 0 Å². The minimum absolute atomic E-state index is 0.0448. The fourth-order valence-corrected chi connectivity index (χ4v) is 4.77. The molecular weight excluding hydrogens is 430 g/mol. The first kappa shape index (κ1) is 23.6. The molecule has 1 aromatic heterocycles. The highest BCUT2D eigenvalue weighted by atomic mass is 19.3. The number of nitrogens with two attached hydrogens (primary N) is 1. The number of nitrogens with zero attached hydrogens (tertiary/aromatic N) is 4. The Kier molecular flexibility index (Phi) is 6.96. The minimum Gasteiger partial charge on any atom is -0.491 e. The van der Waals surface area contributed by atoms with Gasteiger partial charge >= 0.3 is 0 Å². The fourth-order valence-electron chi connectivity index (χ4n) is 4.77. The number of alkyl halides is 2. The Balaban J connectivity index is 1.49. The van der Waals surface area contributed by atoms with Crippen LogP contribution < -0.4 is 20.7 Å². The Hall–Kier alpha value is -2.56. The maximum absolute atomic E-state index is 12.7. The number of benzene rings is 1. The summed E-state index contributed by atoms with van der Waals surface area (Å²) in [5, 5.41) is 12.8. The number of aliphatic hydroxyl groups is 1. The van der Waals surface area contributed by atoms with E-state index in [0.29, 0.717) is 37.0 Å². The van der Waals surface area contributed by atoms with Gasteiger partial charge in [-0.15, -0.1) is 0 Å². The Labute approximate surface area is 192 Å². The molecule has 0 aliphatic carbocycles. The third kappa shape index (κ3) is 5.34. The van der Waals surface area contributed by atoms with Crippen molar-refractivity contribution < 1.29 is 18.6 Å². The van der Waals surface area contributed by atoms with Gasteiger partial charge in [0.15, 0.2) is 5.82 Å². The van der Waals surface area contributed by atoms with Gasteiger partial charge < -0.3 is 25.8 Å². The number of halogens is 2. The van der Waals surface area contributed by atoms with Crippen LogP contribution in [0.15, 0.2) is 24.3 Å². The smallest absolute Gasteiger partial charge is 0.251 e. The maximum Gasteiger partial charge on any atom is 0.251 e. The van der Waals surface area contributed by atoms with Crippen LogP contribution in [0.25, 0.3) is 11.4 Å². The average molecular weight is 463 g/mol. The SMILES string of the molecule is CNCC(O)COc1cccc(-c2nc(N)c(C)c(N3CCC4(CN(CC(F)F)C4)C3)n2)c1. The van der Waals surface area contributed by atoms with Crippen LogP contribution in [0.2, 0.25) is 0 Å². The number of hydrogen-bond acceptors (Lipinski definition) is 8. The van der Waals surface area contributed by atoms with Crippen molar-refractivity contribution in [2.75, 3.05) is 63.6 Å². The van der Waals surface area contributed by atoms with Crippen molar-refractivity contribution in [2.45, 2.75) is 25.9 Å². The molecule has 0 radical (unpaired) electrons. The second-order valence-corrected chi connectivity index (χ2v) is 9.16. The molecule has 2 fully saturated rings. The number of rotatable bonds is 9. The Bertz CT molecular complexity index is 970. The van der Waals surface area contributed by atoms with E-state index in [1.807, 2.05) is 36.1 Å². The predicted molar refractivity (Wildman–Crippen MR) is 124 cm³/mol. The first-order valence-electron chi connectivity index (χ1n) is 11.2. The van der Waals surface area contributed by atoms with Crippen molar-refractivity contribution in [2.24, 2.45) is 5.41 Å². The molecule has 1 atom stereocenters. The van der Waals surface area contributed by atoms with E-state index in [0.717, 1.165) is 36.5 Å². The summed E-state index contributed by atoms with van der Waals surface area (Å²) < 4.78 is 31.0. The highest BCUT2D eigenvalue weighted by Gasteiger charge is 2.48. The van der Waals surface area contributed by atoms with Crippen LogP contribution >= 0.6 is 0 Å². The van der Waals surface area contributed by atoms with Gasteiger partial charge in [0, 0.05) is 49.3 Å². The topological polar surface area (TPSA) is 99.8 Å². The zero-order chi connectivity index (χ0) is 23.6. The Morgan fingerprint density at radius 1 is 1.27 bits per heavy atom. The third-order valence-corrected chi connectivity index (χ3v) is 6.38. The van der Waals surface area contributed by atoms with Gasteiger partial charge in [-0.25, -0.2) is 18.7 Å². The van der Waals surface area contributed by atoms with Gasteiger partial charge in [0.25, 0.3) is 6.43 Å². The van der Waals surface area contributed by atoms with Crippen molar-refractivity contribution >= 4 is 11.6 Å². The maximum atomic E-state index is 12.7. The molecule has 4 N–H and O–H groups in total. The van der Waals surface area contributed by atoms with E-state index in [-0.39, 0.29) is 18.6 Å². The summed E-state index contributed by atoms with van der Waals surface area (Å²) in [4.78, 5) is 13.3. The van der Waals surface area contributed by atoms with Gasteiger partial charge in [-0.2, -0.15) is 0 Å². The molecule has 4 rings (SSSR count). The van der Waals surface area contributed by atoms with Crippen LogP contribution in [-0.4, -0.2) is 85.4 Å². The molecule has 0 amide bonds. The van der Waals surface area contributed by atoms with Gasteiger partial charge in [-0.05, 0) is 32.5 Å². The second-order valence-electron chi connectivity index (χ2n) is 9.16. The molecule has 10 heteroatoms. The molecule has 1 aromatic carbocycles. The molecule has 2 aromatic rings. The van der Waals surface area contributed by atoms with Gasteiger partial charge in [-0.1, -0.05) is 12.1 Å². The van der Waals surface area contributed by atoms with Crippen molar-refractivity contribution in [3.63, 3.8) is 0 Å². The normalized spacial score (nSPS) is 18.7. The lowest BCUT2D eigenvalue weighted by Gasteiger charge is -2.48. The summed E-state index contributed by atoms with van der Waals surface area (Å²) in [6, 6.07) is 7.40. The lowest BCUT2D eigenvalue weighted by atomic mass is 9.79. The number of nitrogen functional groups attached to an aromatic ring is 1. The molecule has 2 saturated heterocycles. The van der Waals surface area contributed by atoms with Crippen molar-refractivity contribution in [1.29, 1.82) is 0 Å². The van der Waals surface area contributed by atoms with E-state index in [9.17, 15) is 13.9 Å². The summed E-state index contributed by atoms with van der Waals surface area (Å²) in [5.41, 5.74) is 7.88. The standard InChI is InChI=1S/C23H32F2N6O2/c1-15-20(26)28-21(16-4-3-5-18(8-16)33-11-17(32)9-27-2)29-22(15)31-7-6-23(14-31)12-30(13-23)10-19(24)25/h3-5,8,17,19,27,32H,6-7,9-14H2,1-2H3,(H2,26,28,29). The summed E-state index contributed by atoms with van der Waals surface area (Å²) in [5.74, 6) is 2.32. The molecule has 1 unspecified atom stereocenters. The highest BCUT2D eigenvalue weighted by molar-refractivity contribution is 5.66. The molecule has 0 saturated carbocycles. The molecule has 2 aliphatic rings. The predicted octanol–water partition coefficient (Wildman–Crippen LogP) is 1.77. The largest absolute Gasteiger partial charge is 0.491 e. The summed E-state index contributed by atoms with van der Waals surface area (Å²) in [6.07, 6.45) is -1.95. The van der Waals surface area contributed by atoms with Gasteiger partial charge in [-0.3, -0.25) is 4.90 Å². The van der Waals surface area contributed by atoms with Crippen LogP contribution in [0, 0.1) is 12.3 Å². The molecule has 1 spiro atoms. The first-order chi connectivity index (χ1) is 15.8. The average Bonchev–Trinajstić information content (AvgIpc) is 3.19. The lowest BCUT2D eigenvalue weighted by Crippen LogP contribution is -2.58. The number of anilines is 2. The zero-order valence-electron chi connectivity index (χ0n) is 19.1. The number of aromatic nitrogens is 2. The Morgan fingerprint density at radius 2 is 2.06 bits per heavy atom. The molecule has 180 valence electrons. The molecule has 8 nitrogen and oxygen atoms in total. The van der Waals surface area contributed by atoms with Crippen molar-refractivity contribution in [3.8, 4) is 17.1 Å². The van der Waals surface area contributed by atoms with E-state index in [2.05, 4.69) is 15.2 Å². The van der Waals surface area contributed by atoms with Crippen molar-refractivity contribution in [1.82, 2.24) is 20.2 Å². The van der Waals surface area contributed by atoms with Gasteiger partial charge in [0.05, 0.1) is 6.54 Å². The quantitative estimate of drug-likeness (QED) is 0.519. The monoisotopic (exact) mass is 462 g/mol. The van der Waals surface area contributed by atoms with Gasteiger partial charge in [0.1, 0.15) is 30.1 Å². The van der Waals surface area contributed by atoms with Crippen LogP contribution in [0.4, 0.5) is 20.4 Å². The van der Waals surface area contributed by atoms with Crippen LogP contribution in [0.5, 0.6) is 5.75 Å². The molecule has 33 heavy (non-hydrogen) atoms. The second kappa shape index (κ2) is 9.74. The van der Waals surface area contributed by atoms with Crippen LogP contribution in [-0.2, 0) is 0 Å². The molecular formula is C23H32F2N6O2. The molecule has 3 heterocycles. The number of nitrogens with one attached hydrogen (secondary N) is 1. The number of likely N-dealkylation sites (tertiary alicyclic amines) is 1. The molecule has 0 bridgehead atoms. The Morgan fingerprint density at radius 3 is 2.79 bits per heavy atom. The van der Waals surface area contributed by atoms with E-state index in [1.165, 1.54) is 0 Å². The summed E-state index contributed by atoms with van der Waals surface area (Å²) in [7, 11) is 1.77. The third-order valence-electron chi connectivity index (χ3n) is 6.38. The zero-order valence-corrected chi connectivity index (χ0v) is 19.1. The first-order valence-corrected chi connectivity index (χ1v) is 11.2. The van der Waals surface area contributed by atoms with E-state index in [1.54, 1.807) is 7.05 Å². The summed E-state index contributed by atoms with van der Waals surface area (Å²) >= 11 is 0. The van der Waals surface area contributed by atoms with E-state index in [4.69, 9.17) is 15.5 Å².